The van der Waals surface area contributed by atoms with Crippen LogP contribution in [0.2, 0.25) is 5.02 Å². The Labute approximate surface area is 116 Å². The first kappa shape index (κ1) is 12.8. The predicted molar refractivity (Wildman–Crippen MR) is 70.1 cm³/mol. The number of hydrogen-bond donors (Lipinski definition) is 0. The maximum atomic E-state index is 10.6. The van der Waals surface area contributed by atoms with Gasteiger partial charge in [-0.2, -0.15) is 0 Å². The number of nitro benzene ring substituents is 1. The smallest absolute Gasteiger partial charge is 0.288 e. The van der Waals surface area contributed by atoms with Crippen LogP contribution in [0.1, 0.15) is 0 Å². The average molecular weight is 330 g/mol. The second-order valence-electron chi connectivity index (χ2n) is 3.28. The predicted octanol–water partition coefficient (Wildman–Crippen LogP) is 4.20. The molecule has 1 aromatic heterocycles. The highest BCUT2D eigenvalue weighted by Gasteiger charge is 2.13. The largest absolute Gasteiger partial charge is 0.456 e. The Balaban J connectivity index is 2.29. The number of hydrogen-bond acceptors (Lipinski definition) is 4. The average Bonchev–Trinajstić information content (AvgIpc) is 2.32. The van der Waals surface area contributed by atoms with E-state index < -0.39 is 4.92 Å². The molecule has 0 spiro atoms. The van der Waals surface area contributed by atoms with E-state index in [0.717, 1.165) is 0 Å². The third kappa shape index (κ3) is 2.77. The molecule has 0 atom stereocenters. The number of aromatic nitrogens is 1. The molecular formula is C11H6BrClN2O3. The SMILES string of the molecule is O=[N+]([O-])c1ccc(Oc2ccncc2Br)cc1Cl. The normalized spacial score (nSPS) is 10.1. The van der Waals surface area contributed by atoms with Crippen LogP contribution >= 0.6 is 27.5 Å². The molecule has 0 amide bonds. The van der Waals surface area contributed by atoms with Gasteiger partial charge in [0.15, 0.2) is 0 Å². The molecule has 0 saturated heterocycles. The molecule has 0 aliphatic rings. The molecule has 0 aliphatic carbocycles. The minimum atomic E-state index is -0.547. The van der Waals surface area contributed by atoms with Gasteiger partial charge in [0.2, 0.25) is 0 Å². The van der Waals surface area contributed by atoms with Gasteiger partial charge < -0.3 is 4.74 Å². The molecule has 0 saturated carbocycles. The van der Waals surface area contributed by atoms with Gasteiger partial charge in [0.25, 0.3) is 5.69 Å². The summed E-state index contributed by atoms with van der Waals surface area (Å²) in [5, 5.41) is 10.6. The summed E-state index contributed by atoms with van der Waals surface area (Å²) in [6.45, 7) is 0. The summed E-state index contributed by atoms with van der Waals surface area (Å²) in [5.41, 5.74) is -0.155. The summed E-state index contributed by atoms with van der Waals surface area (Å²) in [4.78, 5) is 14.0. The number of halogens is 2. The molecule has 92 valence electrons. The molecule has 7 heteroatoms. The third-order valence-corrected chi connectivity index (χ3v) is 2.98. The fraction of sp³-hybridized carbons (Fsp3) is 0. The Morgan fingerprint density at radius 2 is 2.17 bits per heavy atom. The van der Waals surface area contributed by atoms with Crippen LogP contribution in [0.5, 0.6) is 11.5 Å². The van der Waals surface area contributed by atoms with E-state index in [0.29, 0.717) is 16.0 Å². The van der Waals surface area contributed by atoms with Crippen LogP contribution in [0.4, 0.5) is 5.69 Å². The fourth-order valence-electron chi connectivity index (χ4n) is 1.27. The van der Waals surface area contributed by atoms with Crippen molar-refractivity contribution in [3.63, 3.8) is 0 Å². The van der Waals surface area contributed by atoms with Gasteiger partial charge in [-0.05, 0) is 22.0 Å². The Bertz CT molecular complexity index is 607. The van der Waals surface area contributed by atoms with E-state index in [1.807, 2.05) is 0 Å². The van der Waals surface area contributed by atoms with Gasteiger partial charge in [0, 0.05) is 30.6 Å². The maximum Gasteiger partial charge on any atom is 0.288 e. The van der Waals surface area contributed by atoms with Crippen LogP contribution in [0.3, 0.4) is 0 Å². The molecule has 1 aromatic carbocycles. The lowest BCUT2D eigenvalue weighted by atomic mass is 10.3. The van der Waals surface area contributed by atoms with E-state index >= 15 is 0 Å². The van der Waals surface area contributed by atoms with E-state index in [2.05, 4.69) is 20.9 Å². The van der Waals surface area contributed by atoms with Gasteiger partial charge in [0.05, 0.1) is 9.40 Å². The van der Waals surface area contributed by atoms with Crippen LogP contribution in [0.15, 0.2) is 41.1 Å². The van der Waals surface area contributed by atoms with Crippen LogP contribution in [0, 0.1) is 10.1 Å². The molecule has 0 unspecified atom stereocenters. The first-order valence-corrected chi connectivity index (χ1v) is 5.96. The first-order valence-electron chi connectivity index (χ1n) is 4.79. The highest BCUT2D eigenvalue weighted by Crippen LogP contribution is 2.33. The van der Waals surface area contributed by atoms with Crippen molar-refractivity contribution in [3.05, 3.63) is 56.3 Å². The first-order chi connectivity index (χ1) is 8.58. The zero-order valence-electron chi connectivity index (χ0n) is 8.84. The van der Waals surface area contributed by atoms with Crippen LogP contribution in [-0.2, 0) is 0 Å². The quantitative estimate of drug-likeness (QED) is 0.625. The second-order valence-corrected chi connectivity index (χ2v) is 4.54. The van der Waals surface area contributed by atoms with Gasteiger partial charge in [-0.1, -0.05) is 11.6 Å². The summed E-state index contributed by atoms with van der Waals surface area (Å²) in [6, 6.07) is 5.84. The van der Waals surface area contributed by atoms with Crippen LogP contribution in [0.25, 0.3) is 0 Å². The van der Waals surface area contributed by atoms with Gasteiger partial charge >= 0.3 is 0 Å². The van der Waals surface area contributed by atoms with Crippen molar-refractivity contribution in [3.8, 4) is 11.5 Å². The standard InChI is InChI=1S/C11H6BrClN2O3/c12-8-6-14-4-3-11(8)18-7-1-2-10(15(16)17)9(13)5-7/h1-6H. The Morgan fingerprint density at radius 3 is 2.78 bits per heavy atom. The van der Waals surface area contributed by atoms with Crippen molar-refractivity contribution in [2.45, 2.75) is 0 Å². The van der Waals surface area contributed by atoms with Crippen LogP contribution in [-0.4, -0.2) is 9.91 Å². The van der Waals surface area contributed by atoms with Crippen LogP contribution < -0.4 is 4.74 Å². The van der Waals surface area contributed by atoms with Crippen molar-refractivity contribution in [2.75, 3.05) is 0 Å². The highest BCUT2D eigenvalue weighted by atomic mass is 79.9. The van der Waals surface area contributed by atoms with Crippen molar-refractivity contribution in [2.24, 2.45) is 0 Å². The molecule has 0 radical (unpaired) electrons. The second kappa shape index (κ2) is 5.32. The molecule has 2 rings (SSSR count). The molecule has 2 aromatic rings. The monoisotopic (exact) mass is 328 g/mol. The summed E-state index contributed by atoms with van der Waals surface area (Å²) in [6.07, 6.45) is 3.16. The minimum absolute atomic E-state index is 0.0303. The Morgan fingerprint density at radius 1 is 1.39 bits per heavy atom. The number of ether oxygens (including phenoxy) is 1. The van der Waals surface area contributed by atoms with Gasteiger partial charge in [-0.15, -0.1) is 0 Å². The zero-order chi connectivity index (χ0) is 13.1. The molecule has 0 fully saturated rings. The van der Waals surface area contributed by atoms with Crippen molar-refractivity contribution < 1.29 is 9.66 Å². The van der Waals surface area contributed by atoms with E-state index in [-0.39, 0.29) is 10.7 Å². The number of nitro groups is 1. The number of rotatable bonds is 3. The highest BCUT2D eigenvalue weighted by molar-refractivity contribution is 9.10. The topological polar surface area (TPSA) is 65.3 Å². The molecule has 0 bridgehead atoms. The molecule has 18 heavy (non-hydrogen) atoms. The summed E-state index contributed by atoms with van der Waals surface area (Å²) >= 11 is 9.07. The lowest BCUT2D eigenvalue weighted by molar-refractivity contribution is -0.384. The van der Waals surface area contributed by atoms with Crippen molar-refractivity contribution in [1.82, 2.24) is 4.98 Å². The van der Waals surface area contributed by atoms with E-state index in [1.54, 1.807) is 18.5 Å². The zero-order valence-corrected chi connectivity index (χ0v) is 11.2. The number of benzene rings is 1. The maximum absolute atomic E-state index is 10.6. The molecule has 0 N–H and O–H groups in total. The summed E-state index contributed by atoms with van der Waals surface area (Å²) < 4.78 is 6.21. The Hall–Kier alpha value is -1.66. The fourth-order valence-corrected chi connectivity index (χ4v) is 1.84. The van der Waals surface area contributed by atoms with Gasteiger partial charge in [-0.25, -0.2) is 0 Å². The molecule has 0 aliphatic heterocycles. The summed E-state index contributed by atoms with van der Waals surface area (Å²) in [5.74, 6) is 0.965. The van der Waals surface area contributed by atoms with E-state index in [4.69, 9.17) is 16.3 Å². The van der Waals surface area contributed by atoms with Gasteiger partial charge in [0.1, 0.15) is 16.5 Å². The van der Waals surface area contributed by atoms with Crippen molar-refractivity contribution >= 4 is 33.2 Å². The molecule has 5 nitrogen and oxygen atoms in total. The lowest BCUT2D eigenvalue weighted by Gasteiger charge is -2.07. The van der Waals surface area contributed by atoms with Crippen molar-refractivity contribution in [1.29, 1.82) is 0 Å². The molecule has 1 heterocycles. The van der Waals surface area contributed by atoms with Gasteiger partial charge in [-0.3, -0.25) is 15.1 Å². The number of nitrogens with zero attached hydrogens (tertiary/aromatic N) is 2. The Kier molecular flexibility index (Phi) is 3.78. The minimum Gasteiger partial charge on any atom is -0.456 e. The number of pyridine rings is 1. The van der Waals surface area contributed by atoms with E-state index in [1.165, 1.54) is 18.2 Å². The lowest BCUT2D eigenvalue weighted by Crippen LogP contribution is -1.91. The molecular weight excluding hydrogens is 323 g/mol. The van der Waals surface area contributed by atoms with E-state index in [9.17, 15) is 10.1 Å². The summed E-state index contributed by atoms with van der Waals surface area (Å²) in [7, 11) is 0. The third-order valence-electron chi connectivity index (χ3n) is 2.08.